The van der Waals surface area contributed by atoms with Gasteiger partial charge >= 0.3 is 29.8 Å². The van der Waals surface area contributed by atoms with E-state index in [1.165, 1.54) is 49.4 Å². The molecule has 1 aliphatic carbocycles. The highest BCUT2D eigenvalue weighted by molar-refractivity contribution is 6.31. The minimum Gasteiger partial charge on any atom is -0.465 e. The van der Waals surface area contributed by atoms with Gasteiger partial charge in [0.2, 0.25) is 0 Å². The first kappa shape index (κ1) is 27.9. The van der Waals surface area contributed by atoms with Crippen LogP contribution in [0.1, 0.15) is 75.2 Å². The molecule has 11 heteroatoms. The number of hydrogen-bond acceptors (Lipinski definition) is 10. The third-order valence-electron chi connectivity index (χ3n) is 6.71. The van der Waals surface area contributed by atoms with Gasteiger partial charge in [-0.25, -0.2) is 0 Å². The molecule has 0 radical (unpaired) electrons. The number of benzene rings is 2. The summed E-state index contributed by atoms with van der Waals surface area (Å²) in [6.45, 7) is 6.46. The van der Waals surface area contributed by atoms with E-state index in [0.717, 1.165) is 34.6 Å². The molecule has 1 saturated carbocycles. The van der Waals surface area contributed by atoms with Gasteiger partial charge in [0.25, 0.3) is 0 Å². The number of carbonyl (C=O) groups excluding carboxylic acids is 5. The molecule has 3 rings (SSSR count). The number of carbonyl (C=O) groups is 5. The molecule has 0 spiro atoms. The van der Waals surface area contributed by atoms with Crippen LogP contribution in [0, 0.1) is 5.92 Å². The molecule has 1 aliphatic rings. The Morgan fingerprint density at radius 1 is 0.698 bits per heavy atom. The Hall–Kier alpha value is -3.92. The van der Waals surface area contributed by atoms with Gasteiger partial charge in [-0.2, -0.15) is 0 Å². The van der Waals surface area contributed by atoms with Crippen molar-refractivity contribution in [1.29, 1.82) is 0 Å². The summed E-state index contributed by atoms with van der Waals surface area (Å²) < 4.78 is 61.8. The molecule has 0 unspecified atom stereocenters. The highest BCUT2D eigenvalue weighted by atomic mass is 35.5. The average Bonchev–Trinajstić information content (AvgIpc) is 2.93. The second-order valence-corrected chi connectivity index (χ2v) is 10.4. The van der Waals surface area contributed by atoms with E-state index in [4.69, 9.17) is 40.8 Å². The van der Waals surface area contributed by atoms with Gasteiger partial charge < -0.3 is 23.7 Å². The molecule has 0 N–H and O–H groups in total. The van der Waals surface area contributed by atoms with E-state index in [9.17, 15) is 24.0 Å². The van der Waals surface area contributed by atoms with Gasteiger partial charge in [-0.1, -0.05) is 54.9 Å². The fourth-order valence-electron chi connectivity index (χ4n) is 5.14. The van der Waals surface area contributed by atoms with Crippen molar-refractivity contribution >= 4 is 41.4 Å². The predicted octanol–water partition coefficient (Wildman–Crippen LogP) is 4.50. The lowest BCUT2D eigenvalue weighted by atomic mass is 9.70. The molecule has 0 heterocycles. The monoisotopic (exact) mass is 620 g/mol. The fourth-order valence-corrected chi connectivity index (χ4v) is 5.30. The standard InChI is InChI=1S/C32H37ClO10/c1-7-22-8-10-23(11-9-22)14-25-15-24(12-13-27(25)33)28-29(40-18(3)35)26(16-39-17(2)34)30(41-19(4)36)32(43-21(6)38)31(28)42-20(5)37/h8-13,15,26,28-32H,7,14,16H2,1-6H3/t26-,28+,29-,30+,31-,32-/m0/s1/i7D2,14D2. The molecule has 6 atom stereocenters. The first-order valence-corrected chi connectivity index (χ1v) is 13.8. The average molecular weight is 621 g/mol. The number of rotatable bonds is 10. The van der Waals surface area contributed by atoms with Gasteiger partial charge in [0, 0.05) is 45.1 Å². The molecular formula is C32H37ClO10. The maximum absolute atomic E-state index is 12.5. The molecule has 0 aromatic heterocycles. The van der Waals surface area contributed by atoms with Crippen LogP contribution in [-0.4, -0.2) is 60.9 Å². The van der Waals surface area contributed by atoms with Crippen molar-refractivity contribution in [1.82, 2.24) is 0 Å². The van der Waals surface area contributed by atoms with Gasteiger partial charge in [0.1, 0.15) is 12.7 Å². The maximum atomic E-state index is 12.5. The Labute approximate surface area is 261 Å². The number of aryl methyl sites for hydroxylation is 1. The zero-order valence-corrected chi connectivity index (χ0v) is 25.4. The van der Waals surface area contributed by atoms with Crippen molar-refractivity contribution in [2.45, 2.75) is 84.6 Å². The van der Waals surface area contributed by atoms with Crippen molar-refractivity contribution in [3.63, 3.8) is 0 Å². The van der Waals surface area contributed by atoms with Crippen LogP contribution in [-0.2, 0) is 60.4 Å². The van der Waals surface area contributed by atoms with Crippen molar-refractivity contribution in [3.05, 3.63) is 69.7 Å². The molecule has 0 saturated heterocycles. The SMILES string of the molecule is [2H]C([2H])(C)c1ccc(C([2H])([2H])c2cc([C@H]3[C@H](OC(C)=O)[C@@H](OC(C)=O)[C@H](OC(C)=O)[C@@H](COC(C)=O)[C@@H]3OC(C)=O)ccc2Cl)cc1. The molecule has 1 fully saturated rings. The largest absolute Gasteiger partial charge is 0.465 e. The highest BCUT2D eigenvalue weighted by Crippen LogP contribution is 2.44. The van der Waals surface area contributed by atoms with Crippen LogP contribution in [0.15, 0.2) is 42.5 Å². The van der Waals surface area contributed by atoms with Crippen molar-refractivity contribution in [3.8, 4) is 0 Å². The second kappa shape index (κ2) is 15.0. The highest BCUT2D eigenvalue weighted by Gasteiger charge is 2.58. The summed E-state index contributed by atoms with van der Waals surface area (Å²) in [6.07, 6.45) is -9.60. The molecule has 10 nitrogen and oxygen atoms in total. The quantitative estimate of drug-likeness (QED) is 0.276. The van der Waals surface area contributed by atoms with Crippen LogP contribution in [0.5, 0.6) is 0 Å². The van der Waals surface area contributed by atoms with E-state index in [1.54, 1.807) is 0 Å². The van der Waals surface area contributed by atoms with Crippen LogP contribution < -0.4 is 0 Å². The lowest BCUT2D eigenvalue weighted by Crippen LogP contribution is -2.62. The van der Waals surface area contributed by atoms with E-state index >= 15 is 0 Å². The van der Waals surface area contributed by atoms with E-state index < -0.39 is 85.5 Å². The van der Waals surface area contributed by atoms with Gasteiger partial charge in [-0.15, -0.1) is 0 Å². The zero-order valence-electron chi connectivity index (χ0n) is 28.7. The number of ether oxygens (including phenoxy) is 5. The Kier molecular flexibility index (Phi) is 9.73. The first-order valence-electron chi connectivity index (χ1n) is 15.5. The Morgan fingerprint density at radius 2 is 1.21 bits per heavy atom. The van der Waals surface area contributed by atoms with Crippen LogP contribution in [0.4, 0.5) is 0 Å². The number of halogens is 1. The summed E-state index contributed by atoms with van der Waals surface area (Å²) in [5, 5.41) is 0.0170. The zero-order chi connectivity index (χ0) is 35.4. The fraction of sp³-hybridized carbons (Fsp3) is 0.469. The molecular weight excluding hydrogens is 580 g/mol. The van der Waals surface area contributed by atoms with Gasteiger partial charge in [-0.3, -0.25) is 24.0 Å². The van der Waals surface area contributed by atoms with E-state index in [2.05, 4.69) is 0 Å². The van der Waals surface area contributed by atoms with Gasteiger partial charge in [0.15, 0.2) is 18.3 Å². The lowest BCUT2D eigenvalue weighted by Gasteiger charge is -2.48. The lowest BCUT2D eigenvalue weighted by molar-refractivity contribution is -0.222. The smallest absolute Gasteiger partial charge is 0.303 e. The topological polar surface area (TPSA) is 132 Å². The molecule has 2 aromatic carbocycles. The van der Waals surface area contributed by atoms with E-state index in [1.807, 2.05) is 0 Å². The summed E-state index contributed by atoms with van der Waals surface area (Å²) in [5.74, 6) is -6.30. The van der Waals surface area contributed by atoms with Crippen molar-refractivity contribution < 1.29 is 53.1 Å². The Bertz CT molecular complexity index is 1510. The molecule has 232 valence electrons. The van der Waals surface area contributed by atoms with Crippen LogP contribution in [0.2, 0.25) is 5.02 Å². The normalized spacial score (nSPS) is 25.1. The Balaban J connectivity index is 2.30. The third kappa shape index (κ3) is 9.03. The third-order valence-corrected chi connectivity index (χ3v) is 7.04. The first-order chi connectivity index (χ1) is 21.7. The van der Waals surface area contributed by atoms with E-state index in [0.29, 0.717) is 5.56 Å². The van der Waals surface area contributed by atoms with Gasteiger partial charge in [0.05, 0.1) is 11.8 Å². The minimum absolute atomic E-state index is 0.0170. The van der Waals surface area contributed by atoms with Crippen LogP contribution in [0.3, 0.4) is 0 Å². The molecule has 0 amide bonds. The van der Waals surface area contributed by atoms with Gasteiger partial charge in [-0.05, 0) is 41.1 Å². The van der Waals surface area contributed by atoms with E-state index in [-0.39, 0.29) is 21.7 Å². The van der Waals surface area contributed by atoms with Crippen molar-refractivity contribution in [2.24, 2.45) is 5.92 Å². The van der Waals surface area contributed by atoms with Crippen LogP contribution >= 0.6 is 11.6 Å². The summed E-state index contributed by atoms with van der Waals surface area (Å²) in [7, 11) is 0. The molecule has 0 bridgehead atoms. The summed E-state index contributed by atoms with van der Waals surface area (Å²) >= 11 is 6.55. The second-order valence-electron chi connectivity index (χ2n) is 9.98. The Morgan fingerprint density at radius 3 is 1.74 bits per heavy atom. The number of hydrogen-bond donors (Lipinski definition) is 0. The summed E-state index contributed by atoms with van der Waals surface area (Å²) in [6, 6.07) is 10.1. The minimum atomic E-state index is -2.25. The van der Waals surface area contributed by atoms with Crippen molar-refractivity contribution in [2.75, 3.05) is 6.61 Å². The molecule has 0 aliphatic heterocycles. The summed E-state index contributed by atoms with van der Waals surface area (Å²) in [5.41, 5.74) is 0.695. The predicted molar refractivity (Wildman–Crippen MR) is 155 cm³/mol. The molecule has 2 aromatic rings. The maximum Gasteiger partial charge on any atom is 0.303 e. The molecule has 43 heavy (non-hydrogen) atoms. The number of esters is 5. The summed E-state index contributed by atoms with van der Waals surface area (Å²) in [4.78, 5) is 61.5. The van der Waals surface area contributed by atoms with Crippen LogP contribution in [0.25, 0.3) is 0 Å².